The molecule has 0 atom stereocenters. The molecule has 0 fully saturated rings. The van der Waals surface area contributed by atoms with Gasteiger partial charge in [-0.05, 0) is 24.3 Å². The van der Waals surface area contributed by atoms with Crippen molar-refractivity contribution in [1.29, 1.82) is 0 Å². The van der Waals surface area contributed by atoms with Gasteiger partial charge in [0.25, 0.3) is 12.3 Å². The zero-order valence-electron chi connectivity index (χ0n) is 8.94. The number of nitrogens with zero attached hydrogens (tertiary/aromatic N) is 1. The van der Waals surface area contributed by atoms with Crippen LogP contribution in [0.25, 0.3) is 0 Å². The van der Waals surface area contributed by atoms with E-state index in [4.69, 9.17) is 5.11 Å². The van der Waals surface area contributed by atoms with Crippen LogP contribution in [-0.4, -0.2) is 42.0 Å². The van der Waals surface area contributed by atoms with Gasteiger partial charge in [0, 0.05) is 16.6 Å². The molecular weight excluding hydrogens is 296 g/mol. The zero-order chi connectivity index (χ0) is 12.8. The van der Waals surface area contributed by atoms with E-state index >= 15 is 0 Å². The molecule has 0 aliphatic heterocycles. The van der Waals surface area contributed by atoms with E-state index in [1.165, 1.54) is 0 Å². The Morgan fingerprint density at radius 2 is 1.94 bits per heavy atom. The molecule has 3 nitrogen and oxygen atoms in total. The number of carbonyl (C=O) groups excluding carboxylic acids is 1. The molecular formula is C11H12BrF2NO2. The Bertz CT molecular complexity index is 370. The van der Waals surface area contributed by atoms with Gasteiger partial charge in [0.05, 0.1) is 13.2 Å². The van der Waals surface area contributed by atoms with Crippen molar-refractivity contribution in [3.63, 3.8) is 0 Å². The van der Waals surface area contributed by atoms with Gasteiger partial charge in [-0.3, -0.25) is 4.79 Å². The van der Waals surface area contributed by atoms with Crippen molar-refractivity contribution in [1.82, 2.24) is 4.90 Å². The Kier molecular flexibility index (Phi) is 5.50. The molecule has 17 heavy (non-hydrogen) atoms. The van der Waals surface area contributed by atoms with Gasteiger partial charge in [-0.1, -0.05) is 15.9 Å². The van der Waals surface area contributed by atoms with Crippen molar-refractivity contribution in [3.05, 3.63) is 34.3 Å². The maximum Gasteiger partial charge on any atom is 0.255 e. The summed E-state index contributed by atoms with van der Waals surface area (Å²) in [7, 11) is 0. The van der Waals surface area contributed by atoms with Crippen molar-refractivity contribution >= 4 is 21.8 Å². The molecule has 0 heterocycles. The summed E-state index contributed by atoms with van der Waals surface area (Å²) in [5, 5.41) is 8.74. The minimum atomic E-state index is -2.61. The third-order valence-electron chi connectivity index (χ3n) is 2.11. The topological polar surface area (TPSA) is 40.5 Å². The van der Waals surface area contributed by atoms with Crippen LogP contribution in [-0.2, 0) is 0 Å². The predicted molar refractivity (Wildman–Crippen MR) is 63.1 cm³/mol. The Morgan fingerprint density at radius 3 is 2.41 bits per heavy atom. The largest absolute Gasteiger partial charge is 0.395 e. The molecule has 0 aromatic heterocycles. The molecule has 0 radical (unpaired) electrons. The summed E-state index contributed by atoms with van der Waals surface area (Å²) >= 11 is 3.22. The van der Waals surface area contributed by atoms with Crippen molar-refractivity contribution in [2.75, 3.05) is 19.7 Å². The molecule has 1 rings (SSSR count). The standard InChI is InChI=1S/C11H12BrF2NO2/c12-9-3-1-8(2-4-9)11(17)15(5-6-16)7-10(13)14/h1-4,10,16H,5-7H2. The van der Waals surface area contributed by atoms with E-state index in [0.29, 0.717) is 5.56 Å². The number of benzene rings is 1. The molecule has 0 aliphatic rings. The highest BCUT2D eigenvalue weighted by molar-refractivity contribution is 9.10. The lowest BCUT2D eigenvalue weighted by molar-refractivity contribution is 0.0509. The fourth-order valence-corrected chi connectivity index (χ4v) is 1.60. The molecule has 1 aromatic rings. The number of hydrogen-bond donors (Lipinski definition) is 1. The van der Waals surface area contributed by atoms with Crippen molar-refractivity contribution in [2.24, 2.45) is 0 Å². The van der Waals surface area contributed by atoms with Crippen LogP contribution in [0.2, 0.25) is 0 Å². The van der Waals surface area contributed by atoms with Crippen LogP contribution in [0, 0.1) is 0 Å². The Morgan fingerprint density at radius 1 is 1.35 bits per heavy atom. The highest BCUT2D eigenvalue weighted by Crippen LogP contribution is 2.13. The van der Waals surface area contributed by atoms with Gasteiger partial charge in [-0.2, -0.15) is 0 Å². The average Bonchev–Trinajstić information content (AvgIpc) is 2.28. The average molecular weight is 308 g/mol. The number of hydrogen-bond acceptors (Lipinski definition) is 2. The van der Waals surface area contributed by atoms with Crippen LogP contribution < -0.4 is 0 Å². The number of aliphatic hydroxyl groups excluding tert-OH is 1. The molecule has 94 valence electrons. The summed E-state index contributed by atoms with van der Waals surface area (Å²) < 4.78 is 25.3. The molecule has 0 aliphatic carbocycles. The van der Waals surface area contributed by atoms with Gasteiger partial charge < -0.3 is 10.0 Å². The second-order valence-electron chi connectivity index (χ2n) is 3.37. The van der Waals surface area contributed by atoms with Gasteiger partial charge in [0.15, 0.2) is 0 Å². The van der Waals surface area contributed by atoms with Crippen LogP contribution in [0.1, 0.15) is 10.4 Å². The highest BCUT2D eigenvalue weighted by atomic mass is 79.9. The molecule has 6 heteroatoms. The Hall–Kier alpha value is -1.01. The van der Waals surface area contributed by atoms with Crippen LogP contribution in [0.4, 0.5) is 8.78 Å². The second kappa shape index (κ2) is 6.66. The normalized spacial score (nSPS) is 10.6. The summed E-state index contributed by atoms with van der Waals surface area (Å²) in [6.45, 7) is -1.11. The third-order valence-corrected chi connectivity index (χ3v) is 2.64. The number of alkyl halides is 2. The Balaban J connectivity index is 2.79. The number of carbonyl (C=O) groups is 1. The number of amides is 1. The van der Waals surface area contributed by atoms with Gasteiger partial charge in [0.2, 0.25) is 0 Å². The number of rotatable bonds is 5. The van der Waals surface area contributed by atoms with E-state index in [-0.39, 0.29) is 13.2 Å². The third kappa shape index (κ3) is 4.40. The number of aliphatic hydroxyl groups is 1. The summed E-state index contributed by atoms with van der Waals surface area (Å²) in [5.41, 5.74) is 0.322. The predicted octanol–water partition coefficient (Wildman–Crippen LogP) is 2.15. The fourth-order valence-electron chi connectivity index (χ4n) is 1.34. The Labute approximate surface area is 106 Å². The van der Waals surface area contributed by atoms with Gasteiger partial charge in [-0.15, -0.1) is 0 Å². The minimum Gasteiger partial charge on any atom is -0.395 e. The van der Waals surface area contributed by atoms with Crippen LogP contribution in [0.15, 0.2) is 28.7 Å². The van der Waals surface area contributed by atoms with E-state index in [2.05, 4.69) is 15.9 Å². The summed E-state index contributed by atoms with van der Waals surface area (Å²) in [6, 6.07) is 6.41. The first-order valence-electron chi connectivity index (χ1n) is 4.98. The minimum absolute atomic E-state index is 0.0980. The maximum absolute atomic E-state index is 12.3. The summed E-state index contributed by atoms with van der Waals surface area (Å²) in [5.74, 6) is -0.508. The van der Waals surface area contributed by atoms with E-state index in [0.717, 1.165) is 9.37 Å². The van der Waals surface area contributed by atoms with Crippen LogP contribution in [0.3, 0.4) is 0 Å². The smallest absolute Gasteiger partial charge is 0.255 e. The first kappa shape index (κ1) is 14.1. The fraction of sp³-hybridized carbons (Fsp3) is 0.364. The van der Waals surface area contributed by atoms with Gasteiger partial charge in [-0.25, -0.2) is 8.78 Å². The lowest BCUT2D eigenvalue weighted by atomic mass is 10.2. The van der Waals surface area contributed by atoms with Crippen LogP contribution in [0.5, 0.6) is 0 Å². The molecule has 0 unspecified atom stereocenters. The van der Waals surface area contributed by atoms with E-state index in [1.807, 2.05) is 0 Å². The molecule has 1 amide bonds. The SMILES string of the molecule is O=C(c1ccc(Br)cc1)N(CCO)CC(F)F. The summed E-state index contributed by atoms with van der Waals surface area (Å²) in [6.07, 6.45) is -2.61. The lowest BCUT2D eigenvalue weighted by Gasteiger charge is -2.21. The number of halogens is 3. The second-order valence-corrected chi connectivity index (χ2v) is 4.29. The van der Waals surface area contributed by atoms with E-state index in [1.54, 1.807) is 24.3 Å². The van der Waals surface area contributed by atoms with E-state index < -0.39 is 18.9 Å². The quantitative estimate of drug-likeness (QED) is 0.905. The molecule has 0 saturated heterocycles. The molecule has 0 spiro atoms. The van der Waals surface area contributed by atoms with E-state index in [9.17, 15) is 13.6 Å². The molecule has 1 N–H and O–H groups in total. The lowest BCUT2D eigenvalue weighted by Crippen LogP contribution is -2.37. The van der Waals surface area contributed by atoms with Crippen molar-refractivity contribution in [2.45, 2.75) is 6.43 Å². The van der Waals surface area contributed by atoms with Crippen molar-refractivity contribution in [3.8, 4) is 0 Å². The molecule has 1 aromatic carbocycles. The van der Waals surface area contributed by atoms with Gasteiger partial charge >= 0.3 is 0 Å². The zero-order valence-corrected chi connectivity index (χ0v) is 10.5. The monoisotopic (exact) mass is 307 g/mol. The molecule has 0 bridgehead atoms. The van der Waals surface area contributed by atoms with Crippen LogP contribution >= 0.6 is 15.9 Å². The van der Waals surface area contributed by atoms with Crippen molar-refractivity contribution < 1.29 is 18.7 Å². The first-order valence-corrected chi connectivity index (χ1v) is 5.77. The summed E-state index contributed by atoms with van der Waals surface area (Å²) in [4.78, 5) is 12.8. The first-order chi connectivity index (χ1) is 8.04. The maximum atomic E-state index is 12.3. The molecule has 0 saturated carbocycles. The van der Waals surface area contributed by atoms with Gasteiger partial charge in [0.1, 0.15) is 0 Å². The highest BCUT2D eigenvalue weighted by Gasteiger charge is 2.18.